The Labute approximate surface area is 142 Å². The second-order valence-corrected chi connectivity index (χ2v) is 6.64. The molecule has 0 aliphatic carbocycles. The summed E-state index contributed by atoms with van der Waals surface area (Å²) in [7, 11) is 0. The number of hydrogen-bond donors (Lipinski definition) is 3. The number of aliphatic hydroxyl groups is 3. The number of aliphatic hydroxyl groups excluding tert-OH is 3. The molecule has 1 aliphatic rings. The topological polar surface area (TPSA) is 95.7 Å². The Morgan fingerprint density at radius 3 is 2.61 bits per heavy atom. The van der Waals surface area contributed by atoms with Gasteiger partial charge in [0.05, 0.1) is 23.0 Å². The van der Waals surface area contributed by atoms with E-state index in [1.54, 1.807) is 30.6 Å². The molecule has 1 saturated heterocycles. The SMILES string of the molecule is O[C@@H]1[C@@H](O)[C@H](Oc2cnc(-c3ccncc3)c(Cl)c2)SC[C@H]1O. The average molecular weight is 355 g/mol. The molecule has 23 heavy (non-hydrogen) atoms. The summed E-state index contributed by atoms with van der Waals surface area (Å²) in [5.41, 5.74) is 0.744. The highest BCUT2D eigenvalue weighted by Crippen LogP contribution is 2.32. The summed E-state index contributed by atoms with van der Waals surface area (Å²) in [6.07, 6.45) is 1.42. The number of rotatable bonds is 3. The van der Waals surface area contributed by atoms with Crippen molar-refractivity contribution in [1.82, 2.24) is 9.97 Å². The van der Waals surface area contributed by atoms with Crippen molar-refractivity contribution in [3.8, 4) is 17.0 Å². The van der Waals surface area contributed by atoms with E-state index >= 15 is 0 Å². The lowest BCUT2D eigenvalue weighted by Crippen LogP contribution is -2.50. The highest BCUT2D eigenvalue weighted by Gasteiger charge is 2.38. The predicted molar refractivity (Wildman–Crippen MR) is 87.4 cm³/mol. The van der Waals surface area contributed by atoms with Crippen molar-refractivity contribution in [3.63, 3.8) is 0 Å². The molecular formula is C15H15ClN2O4S. The number of nitrogens with zero attached hydrogens (tertiary/aromatic N) is 2. The van der Waals surface area contributed by atoms with E-state index in [0.29, 0.717) is 16.5 Å². The van der Waals surface area contributed by atoms with Crippen molar-refractivity contribution < 1.29 is 20.1 Å². The number of aromatic nitrogens is 2. The smallest absolute Gasteiger partial charge is 0.173 e. The third kappa shape index (κ3) is 3.59. The normalized spacial score (nSPS) is 27.7. The van der Waals surface area contributed by atoms with E-state index in [1.165, 1.54) is 18.0 Å². The second kappa shape index (κ2) is 7.02. The van der Waals surface area contributed by atoms with Crippen LogP contribution in [-0.2, 0) is 0 Å². The molecular weight excluding hydrogens is 340 g/mol. The molecule has 1 aliphatic heterocycles. The predicted octanol–water partition coefficient (Wildman–Crippen LogP) is 1.33. The standard InChI is InChI=1S/C15H15ClN2O4S/c16-10-5-9(6-18-12(10)8-1-3-17-4-2-8)22-15-14(21)13(20)11(19)7-23-15/h1-6,11,13-15,19-21H,7H2/t11-,13+,14-,15-/m1/s1. The Balaban J connectivity index is 1.76. The van der Waals surface area contributed by atoms with Crippen LogP contribution in [-0.4, -0.2) is 54.8 Å². The number of halogens is 1. The minimum atomic E-state index is -1.24. The summed E-state index contributed by atoms with van der Waals surface area (Å²) >= 11 is 7.47. The molecule has 3 rings (SSSR count). The van der Waals surface area contributed by atoms with Gasteiger partial charge in [0.1, 0.15) is 18.0 Å². The summed E-state index contributed by atoms with van der Waals surface area (Å²) in [6, 6.07) is 5.20. The van der Waals surface area contributed by atoms with Crippen LogP contribution in [0.2, 0.25) is 5.02 Å². The number of hydrogen-bond acceptors (Lipinski definition) is 7. The fraction of sp³-hybridized carbons (Fsp3) is 0.333. The molecule has 4 atom stereocenters. The Hall–Kier alpha value is -1.38. The van der Waals surface area contributed by atoms with E-state index in [-0.39, 0.29) is 5.75 Å². The van der Waals surface area contributed by atoms with Crippen molar-refractivity contribution in [2.24, 2.45) is 0 Å². The molecule has 0 unspecified atom stereocenters. The molecule has 2 aromatic rings. The van der Waals surface area contributed by atoms with Crippen LogP contribution in [0.25, 0.3) is 11.3 Å². The molecule has 6 nitrogen and oxygen atoms in total. The Bertz CT molecular complexity index is 676. The zero-order valence-corrected chi connectivity index (χ0v) is 13.5. The van der Waals surface area contributed by atoms with Crippen molar-refractivity contribution in [1.29, 1.82) is 0 Å². The van der Waals surface area contributed by atoms with Gasteiger partial charge in [-0.05, 0) is 12.1 Å². The van der Waals surface area contributed by atoms with E-state index in [1.807, 2.05) is 0 Å². The number of thioether (sulfide) groups is 1. The molecule has 0 saturated carbocycles. The summed E-state index contributed by atoms with van der Waals surface area (Å²) in [5, 5.41) is 29.6. The quantitative estimate of drug-likeness (QED) is 0.765. The second-order valence-electron chi connectivity index (χ2n) is 5.11. The molecule has 0 bridgehead atoms. The van der Waals surface area contributed by atoms with Gasteiger partial charge in [0, 0.05) is 29.8 Å². The lowest BCUT2D eigenvalue weighted by Gasteiger charge is -2.34. The van der Waals surface area contributed by atoms with Gasteiger partial charge in [-0.25, -0.2) is 0 Å². The number of pyridine rings is 2. The molecule has 122 valence electrons. The monoisotopic (exact) mass is 354 g/mol. The number of ether oxygens (including phenoxy) is 1. The van der Waals surface area contributed by atoms with Crippen LogP contribution in [0.15, 0.2) is 36.8 Å². The van der Waals surface area contributed by atoms with E-state index in [2.05, 4.69) is 9.97 Å². The lowest BCUT2D eigenvalue weighted by molar-refractivity contribution is -0.0786. The van der Waals surface area contributed by atoms with Crippen LogP contribution < -0.4 is 4.74 Å². The average Bonchev–Trinajstić information content (AvgIpc) is 2.56. The van der Waals surface area contributed by atoms with Crippen molar-refractivity contribution in [2.45, 2.75) is 23.7 Å². The summed E-state index contributed by atoms with van der Waals surface area (Å²) in [5.74, 6) is 0.659. The van der Waals surface area contributed by atoms with Gasteiger partial charge < -0.3 is 20.1 Å². The zero-order chi connectivity index (χ0) is 16.4. The van der Waals surface area contributed by atoms with Crippen molar-refractivity contribution in [2.75, 3.05) is 5.75 Å². The maximum absolute atomic E-state index is 9.95. The van der Waals surface area contributed by atoms with Crippen molar-refractivity contribution >= 4 is 23.4 Å². The maximum Gasteiger partial charge on any atom is 0.173 e. The molecule has 0 amide bonds. The summed E-state index contributed by atoms with van der Waals surface area (Å²) < 4.78 is 5.64. The lowest BCUT2D eigenvalue weighted by atomic mass is 10.1. The van der Waals surface area contributed by atoms with Gasteiger partial charge in [-0.1, -0.05) is 11.6 Å². The highest BCUT2D eigenvalue weighted by molar-refractivity contribution is 7.99. The Kier molecular flexibility index (Phi) is 5.03. The maximum atomic E-state index is 9.95. The summed E-state index contributed by atoms with van der Waals surface area (Å²) in [6.45, 7) is 0. The van der Waals surface area contributed by atoms with Gasteiger partial charge >= 0.3 is 0 Å². The van der Waals surface area contributed by atoms with Gasteiger partial charge in [0.15, 0.2) is 5.44 Å². The minimum absolute atomic E-state index is 0.277. The fourth-order valence-electron chi connectivity index (χ4n) is 2.22. The minimum Gasteiger partial charge on any atom is -0.475 e. The van der Waals surface area contributed by atoms with Gasteiger partial charge in [0.25, 0.3) is 0 Å². The van der Waals surface area contributed by atoms with Crippen LogP contribution in [0.3, 0.4) is 0 Å². The Morgan fingerprint density at radius 2 is 1.91 bits per heavy atom. The zero-order valence-electron chi connectivity index (χ0n) is 11.9. The van der Waals surface area contributed by atoms with Crippen LogP contribution in [0.4, 0.5) is 0 Å². The van der Waals surface area contributed by atoms with Crippen molar-refractivity contribution in [3.05, 3.63) is 41.8 Å². The van der Waals surface area contributed by atoms with Crippen LogP contribution in [0.5, 0.6) is 5.75 Å². The van der Waals surface area contributed by atoms with Crippen LogP contribution in [0.1, 0.15) is 0 Å². The molecule has 0 radical (unpaired) electrons. The molecule has 8 heteroatoms. The molecule has 0 aromatic carbocycles. The highest BCUT2D eigenvalue weighted by atomic mass is 35.5. The van der Waals surface area contributed by atoms with Gasteiger partial charge in [-0.2, -0.15) is 0 Å². The first-order valence-corrected chi connectivity index (χ1v) is 8.37. The third-order valence-corrected chi connectivity index (χ3v) is 5.00. The van der Waals surface area contributed by atoms with E-state index < -0.39 is 23.7 Å². The van der Waals surface area contributed by atoms with E-state index in [4.69, 9.17) is 16.3 Å². The molecule has 2 aromatic heterocycles. The first kappa shape index (κ1) is 16.5. The van der Waals surface area contributed by atoms with Gasteiger partial charge in [-0.3, -0.25) is 9.97 Å². The first-order valence-electron chi connectivity index (χ1n) is 6.94. The third-order valence-electron chi connectivity index (χ3n) is 3.48. The first-order chi connectivity index (χ1) is 11.1. The molecule has 0 spiro atoms. The van der Waals surface area contributed by atoms with E-state index in [9.17, 15) is 15.3 Å². The van der Waals surface area contributed by atoms with E-state index in [0.717, 1.165) is 5.56 Å². The van der Waals surface area contributed by atoms with Crippen LogP contribution in [0, 0.1) is 0 Å². The molecule has 3 N–H and O–H groups in total. The van der Waals surface area contributed by atoms with Gasteiger partial charge in [-0.15, -0.1) is 11.8 Å². The van der Waals surface area contributed by atoms with Crippen LogP contribution >= 0.6 is 23.4 Å². The summed E-state index contributed by atoms with van der Waals surface area (Å²) in [4.78, 5) is 8.23. The molecule has 3 heterocycles. The Morgan fingerprint density at radius 1 is 1.17 bits per heavy atom. The van der Waals surface area contributed by atoms with Gasteiger partial charge in [0.2, 0.25) is 0 Å². The fourth-order valence-corrected chi connectivity index (χ4v) is 3.61. The molecule has 1 fully saturated rings. The largest absolute Gasteiger partial charge is 0.475 e.